The van der Waals surface area contributed by atoms with Gasteiger partial charge in [0.05, 0.1) is 18.6 Å². The average Bonchev–Trinajstić information content (AvgIpc) is 3.59. The molecule has 1 heterocycles. The lowest BCUT2D eigenvalue weighted by atomic mass is 10.3. The monoisotopic (exact) mass is 484 g/mol. The van der Waals surface area contributed by atoms with Crippen molar-refractivity contribution in [2.75, 3.05) is 26.0 Å². The molecule has 1 aliphatic carbocycles. The number of carbonyl (C=O) groups is 1. The van der Waals surface area contributed by atoms with Crippen molar-refractivity contribution >= 4 is 17.7 Å². The number of carbonyl (C=O) groups excluding carboxylic acids is 1. The van der Waals surface area contributed by atoms with E-state index in [1.54, 1.807) is 54.1 Å². The van der Waals surface area contributed by atoms with Gasteiger partial charge in [0.15, 0.2) is 11.0 Å². The van der Waals surface area contributed by atoms with Gasteiger partial charge in [0.2, 0.25) is 5.91 Å². The van der Waals surface area contributed by atoms with Crippen molar-refractivity contribution in [3.05, 3.63) is 60.2 Å². The van der Waals surface area contributed by atoms with E-state index < -0.39 is 5.82 Å². The minimum atomic E-state index is -0.400. The molecule has 2 aromatic carbocycles. The molecule has 0 bridgehead atoms. The van der Waals surface area contributed by atoms with E-state index in [1.165, 1.54) is 30.7 Å². The molecular formula is C25H29FN4O3S. The molecule has 0 N–H and O–H groups in total. The predicted molar refractivity (Wildman–Crippen MR) is 129 cm³/mol. The van der Waals surface area contributed by atoms with Gasteiger partial charge < -0.3 is 14.4 Å². The number of aromatic nitrogens is 3. The van der Waals surface area contributed by atoms with Gasteiger partial charge in [-0.2, -0.15) is 0 Å². The van der Waals surface area contributed by atoms with E-state index in [1.807, 2.05) is 4.90 Å². The zero-order chi connectivity index (χ0) is 23.9. The number of hydrogen-bond donors (Lipinski definition) is 0. The van der Waals surface area contributed by atoms with E-state index in [0.29, 0.717) is 28.3 Å². The third-order valence-electron chi connectivity index (χ3n) is 5.57. The fraction of sp³-hybridized carbons (Fsp3) is 0.400. The van der Waals surface area contributed by atoms with Gasteiger partial charge in [0, 0.05) is 13.1 Å². The summed E-state index contributed by atoms with van der Waals surface area (Å²) >= 11 is 1.27. The summed E-state index contributed by atoms with van der Waals surface area (Å²) in [6.45, 7) is 3.72. The minimum absolute atomic E-state index is 0.0675. The zero-order valence-corrected chi connectivity index (χ0v) is 20.3. The molecule has 4 rings (SSSR count). The van der Waals surface area contributed by atoms with Crippen LogP contribution in [-0.2, 0) is 11.4 Å². The van der Waals surface area contributed by atoms with Crippen molar-refractivity contribution in [1.82, 2.24) is 19.7 Å². The highest BCUT2D eigenvalue weighted by atomic mass is 32.2. The Bertz CT molecular complexity index is 1100. The third-order valence-corrected chi connectivity index (χ3v) is 6.48. The van der Waals surface area contributed by atoms with Gasteiger partial charge in [-0.05, 0) is 61.6 Å². The number of rotatable bonds is 12. The van der Waals surface area contributed by atoms with Crippen molar-refractivity contribution < 1.29 is 18.7 Å². The SMILES string of the molecule is CCCN(CC1CC1)C(=O)CSc1nnc(COc2ccc(OC)cc2)n1-c1ccccc1F. The van der Waals surface area contributed by atoms with Crippen LogP contribution in [0.25, 0.3) is 5.69 Å². The summed E-state index contributed by atoms with van der Waals surface area (Å²) in [5, 5.41) is 8.97. The molecule has 0 radical (unpaired) electrons. The number of ether oxygens (including phenoxy) is 2. The smallest absolute Gasteiger partial charge is 0.233 e. The molecule has 1 saturated carbocycles. The highest BCUT2D eigenvalue weighted by Gasteiger charge is 2.27. The standard InChI is InChI=1S/C25H29FN4O3S/c1-3-14-29(15-18-8-9-18)24(31)17-34-25-28-27-23(30(25)22-7-5-4-6-21(22)26)16-33-20-12-10-19(32-2)11-13-20/h4-7,10-13,18H,3,8-9,14-17H2,1-2H3. The van der Waals surface area contributed by atoms with E-state index in [9.17, 15) is 9.18 Å². The minimum Gasteiger partial charge on any atom is -0.497 e. The summed E-state index contributed by atoms with van der Waals surface area (Å²) < 4.78 is 27.4. The summed E-state index contributed by atoms with van der Waals surface area (Å²) in [4.78, 5) is 14.8. The Morgan fingerprint density at radius 2 is 1.88 bits per heavy atom. The quantitative estimate of drug-likeness (QED) is 0.346. The molecule has 1 fully saturated rings. The molecule has 7 nitrogen and oxygen atoms in total. The highest BCUT2D eigenvalue weighted by molar-refractivity contribution is 7.99. The van der Waals surface area contributed by atoms with Gasteiger partial charge in [-0.3, -0.25) is 9.36 Å². The van der Waals surface area contributed by atoms with Crippen molar-refractivity contribution in [3.8, 4) is 17.2 Å². The van der Waals surface area contributed by atoms with Crippen LogP contribution in [0.2, 0.25) is 0 Å². The first-order valence-electron chi connectivity index (χ1n) is 11.5. The molecule has 3 aromatic rings. The van der Waals surface area contributed by atoms with Gasteiger partial charge >= 0.3 is 0 Å². The van der Waals surface area contributed by atoms with Gasteiger partial charge in [-0.25, -0.2) is 4.39 Å². The number of methoxy groups -OCH3 is 1. The summed E-state index contributed by atoms with van der Waals surface area (Å²) in [7, 11) is 1.60. The first kappa shape index (κ1) is 24.1. The second kappa shape index (κ2) is 11.4. The summed E-state index contributed by atoms with van der Waals surface area (Å²) in [6, 6.07) is 13.6. The highest BCUT2D eigenvalue weighted by Crippen LogP contribution is 2.30. The first-order chi connectivity index (χ1) is 16.6. The van der Waals surface area contributed by atoms with Gasteiger partial charge in [-0.1, -0.05) is 30.8 Å². The van der Waals surface area contributed by atoms with Crippen LogP contribution in [0.15, 0.2) is 53.7 Å². The number of thioether (sulfide) groups is 1. The number of benzene rings is 2. The normalized spacial score (nSPS) is 13.0. The number of hydrogen-bond acceptors (Lipinski definition) is 6. The molecule has 1 aliphatic rings. The lowest BCUT2D eigenvalue weighted by Gasteiger charge is -2.21. The maximum Gasteiger partial charge on any atom is 0.233 e. The Kier molecular flexibility index (Phi) is 8.05. The van der Waals surface area contributed by atoms with Gasteiger partial charge in [-0.15, -0.1) is 10.2 Å². The first-order valence-corrected chi connectivity index (χ1v) is 12.4. The Hall–Kier alpha value is -3.07. The largest absolute Gasteiger partial charge is 0.497 e. The lowest BCUT2D eigenvalue weighted by Crippen LogP contribution is -2.35. The molecular weight excluding hydrogens is 455 g/mol. The molecule has 9 heteroatoms. The Balaban J connectivity index is 1.51. The Labute approximate surface area is 203 Å². The van der Waals surface area contributed by atoms with Crippen LogP contribution >= 0.6 is 11.8 Å². The van der Waals surface area contributed by atoms with Gasteiger partial charge in [0.25, 0.3) is 0 Å². The van der Waals surface area contributed by atoms with Crippen molar-refractivity contribution in [2.45, 2.75) is 37.9 Å². The predicted octanol–water partition coefficient (Wildman–Crippen LogP) is 4.73. The van der Waals surface area contributed by atoms with E-state index in [0.717, 1.165) is 25.3 Å². The fourth-order valence-corrected chi connectivity index (χ4v) is 4.47. The molecule has 34 heavy (non-hydrogen) atoms. The molecule has 1 aromatic heterocycles. The molecule has 0 saturated heterocycles. The van der Waals surface area contributed by atoms with Crippen LogP contribution in [0.4, 0.5) is 4.39 Å². The second-order valence-electron chi connectivity index (χ2n) is 8.22. The van der Waals surface area contributed by atoms with E-state index in [-0.39, 0.29) is 18.3 Å². The maximum absolute atomic E-state index is 14.7. The second-order valence-corrected chi connectivity index (χ2v) is 9.16. The molecule has 1 amide bonds. The van der Waals surface area contributed by atoms with Crippen LogP contribution in [0.5, 0.6) is 11.5 Å². The fourth-order valence-electron chi connectivity index (χ4n) is 3.60. The van der Waals surface area contributed by atoms with E-state index in [2.05, 4.69) is 17.1 Å². The molecule has 180 valence electrons. The average molecular weight is 485 g/mol. The van der Waals surface area contributed by atoms with Crippen LogP contribution in [-0.4, -0.2) is 51.5 Å². The summed E-state index contributed by atoms with van der Waals surface area (Å²) in [5.41, 5.74) is 0.319. The van der Waals surface area contributed by atoms with E-state index in [4.69, 9.17) is 9.47 Å². The number of para-hydroxylation sites is 1. The molecule has 0 atom stereocenters. The van der Waals surface area contributed by atoms with E-state index >= 15 is 0 Å². The molecule has 0 aliphatic heterocycles. The van der Waals surface area contributed by atoms with Crippen LogP contribution in [0.1, 0.15) is 32.0 Å². The number of nitrogens with zero attached hydrogens (tertiary/aromatic N) is 4. The number of amides is 1. The summed E-state index contributed by atoms with van der Waals surface area (Å²) in [5.74, 6) is 2.31. The molecule has 0 unspecified atom stereocenters. The van der Waals surface area contributed by atoms with Crippen LogP contribution in [0.3, 0.4) is 0 Å². The third kappa shape index (κ3) is 6.08. The van der Waals surface area contributed by atoms with Crippen LogP contribution < -0.4 is 9.47 Å². The lowest BCUT2D eigenvalue weighted by molar-refractivity contribution is -0.128. The van der Waals surface area contributed by atoms with Crippen LogP contribution in [0, 0.1) is 11.7 Å². The summed E-state index contributed by atoms with van der Waals surface area (Å²) in [6.07, 6.45) is 3.31. The molecule has 0 spiro atoms. The maximum atomic E-state index is 14.7. The van der Waals surface area contributed by atoms with Gasteiger partial charge in [0.1, 0.15) is 23.9 Å². The van der Waals surface area contributed by atoms with Crippen molar-refractivity contribution in [2.24, 2.45) is 5.92 Å². The van der Waals surface area contributed by atoms with Crippen molar-refractivity contribution in [3.63, 3.8) is 0 Å². The Morgan fingerprint density at radius 3 is 2.56 bits per heavy atom. The topological polar surface area (TPSA) is 69.5 Å². The zero-order valence-electron chi connectivity index (χ0n) is 19.4. The Morgan fingerprint density at radius 1 is 1.15 bits per heavy atom. The van der Waals surface area contributed by atoms with Crippen molar-refractivity contribution in [1.29, 1.82) is 0 Å². The number of halogens is 1.